The number of Topliss-reactive ketones (excluding diaryl/α,β-unsaturated/α-hetero) is 1. The SMILES string of the molecule is C.CC(=NN)c1ccccc1.CC(=O)c1ccccc1.CO.NN.[O]=[Ba]. The zero-order valence-corrected chi connectivity index (χ0v) is 19.4. The number of rotatable bonds is 2. The fraction of sp³-hybridized carbons (Fsp3) is 0.222. The molecule has 7 N–H and O–H groups in total. The number of ketones is 1. The van der Waals surface area contributed by atoms with Crippen molar-refractivity contribution in [1.29, 1.82) is 0 Å². The molecular formula is C18H30BaN4O3. The van der Waals surface area contributed by atoms with Gasteiger partial charge in [0.2, 0.25) is 0 Å². The molecule has 2 aromatic rings. The van der Waals surface area contributed by atoms with Gasteiger partial charge >= 0.3 is 46.8 Å². The van der Waals surface area contributed by atoms with Crippen LogP contribution in [-0.2, 0) is 0.0399 Å². The molecule has 2 rings (SSSR count). The summed E-state index contributed by atoms with van der Waals surface area (Å²) in [4.78, 5) is 10.6. The van der Waals surface area contributed by atoms with Crippen LogP contribution < -0.4 is 17.5 Å². The summed E-state index contributed by atoms with van der Waals surface area (Å²) >= 11 is -0.222. The molecule has 0 aliphatic carbocycles. The van der Waals surface area contributed by atoms with E-state index in [1.807, 2.05) is 67.6 Å². The molecule has 0 saturated heterocycles. The average Bonchev–Trinajstić information content (AvgIpc) is 2.73. The molecule has 0 aliphatic heterocycles. The number of carbonyl (C=O) groups is 1. The first kappa shape index (κ1) is 32.5. The van der Waals surface area contributed by atoms with E-state index in [-0.39, 0.29) is 59.9 Å². The standard InChI is InChI=1S/C8H10N2.C8H8O.CH4O.CH4.Ba.H4N2.O/c1-7(10-9)8-5-3-2-4-6-8;1-7(9)8-5-3-2-4-6-8;1-2;;;1-2;/h2-6H,9H2,1H3;2-6H,1H3;2H,1H3;1H4;;1-2H2;. The van der Waals surface area contributed by atoms with Gasteiger partial charge in [0.15, 0.2) is 5.78 Å². The Labute approximate surface area is 189 Å². The maximum atomic E-state index is 10.6. The summed E-state index contributed by atoms with van der Waals surface area (Å²) in [5.74, 6) is 13.2. The van der Waals surface area contributed by atoms with Crippen molar-refractivity contribution in [3.8, 4) is 0 Å². The van der Waals surface area contributed by atoms with Crippen molar-refractivity contribution in [3.05, 3.63) is 71.8 Å². The number of aliphatic hydroxyl groups is 1. The molecule has 0 radical (unpaired) electrons. The van der Waals surface area contributed by atoms with E-state index >= 15 is 0 Å². The molecule has 0 aromatic heterocycles. The van der Waals surface area contributed by atoms with E-state index in [1.54, 1.807) is 6.92 Å². The topological polar surface area (TPSA) is 145 Å². The van der Waals surface area contributed by atoms with E-state index < -0.39 is 0 Å². The Balaban J connectivity index is -0.000000141. The van der Waals surface area contributed by atoms with E-state index in [0.717, 1.165) is 23.9 Å². The molecule has 0 amide bonds. The molecule has 0 bridgehead atoms. The Kier molecular flexibility index (Phi) is 32.6. The number of aliphatic hydroxyl groups excluding tert-OH is 1. The third-order valence-corrected chi connectivity index (χ3v) is 2.57. The summed E-state index contributed by atoms with van der Waals surface area (Å²) in [5, 5.41) is 10.6. The van der Waals surface area contributed by atoms with Gasteiger partial charge < -0.3 is 10.9 Å². The fourth-order valence-electron chi connectivity index (χ4n) is 1.43. The summed E-state index contributed by atoms with van der Waals surface area (Å²) in [7, 11) is 1.00. The molecule has 0 heterocycles. The number of nitrogens with zero attached hydrogens (tertiary/aromatic N) is 1. The van der Waals surface area contributed by atoms with Crippen LogP contribution in [0, 0.1) is 0 Å². The zero-order valence-electron chi connectivity index (χ0n) is 14.9. The molecule has 7 nitrogen and oxygen atoms in total. The number of hydrazone groups is 1. The summed E-state index contributed by atoms with van der Waals surface area (Å²) in [6.45, 7) is 3.45. The number of carbonyl (C=O) groups excluding carboxylic acids is 1. The van der Waals surface area contributed by atoms with Crippen molar-refractivity contribution in [3.63, 3.8) is 0 Å². The first-order chi connectivity index (χ1) is 12.1. The molecule has 0 atom stereocenters. The van der Waals surface area contributed by atoms with Gasteiger partial charge in [-0.25, -0.2) is 0 Å². The molecule has 8 heteroatoms. The Hall–Kier alpha value is -1.17. The van der Waals surface area contributed by atoms with Crippen LogP contribution in [0.15, 0.2) is 65.8 Å². The maximum absolute atomic E-state index is 10.6. The molecule has 26 heavy (non-hydrogen) atoms. The average molecular weight is 488 g/mol. The van der Waals surface area contributed by atoms with E-state index in [4.69, 9.17) is 11.0 Å². The van der Waals surface area contributed by atoms with Crippen molar-refractivity contribution >= 4 is 58.2 Å². The molecular weight excluding hydrogens is 458 g/mol. The van der Waals surface area contributed by atoms with Crippen molar-refractivity contribution < 1.29 is 9.94 Å². The third kappa shape index (κ3) is 17.6. The minimum absolute atomic E-state index is 0. The van der Waals surface area contributed by atoms with Crippen molar-refractivity contribution in [2.24, 2.45) is 22.6 Å². The van der Waals surface area contributed by atoms with E-state index in [1.165, 1.54) is 0 Å². The van der Waals surface area contributed by atoms with Gasteiger partial charge in [0.1, 0.15) is 0 Å². The summed E-state index contributed by atoms with van der Waals surface area (Å²) < 4.78 is 8.44. The Bertz CT molecular complexity index is 567. The molecule has 0 fully saturated rings. The van der Waals surface area contributed by atoms with Gasteiger partial charge in [0.25, 0.3) is 0 Å². The van der Waals surface area contributed by atoms with Crippen LogP contribution in [0.4, 0.5) is 0 Å². The first-order valence-electron chi connectivity index (χ1n) is 7.08. The monoisotopic (exact) mass is 488 g/mol. The summed E-state index contributed by atoms with van der Waals surface area (Å²) in [6, 6.07) is 19.1. The molecule has 0 spiro atoms. The van der Waals surface area contributed by atoms with Gasteiger partial charge in [-0.2, -0.15) is 5.10 Å². The van der Waals surface area contributed by atoms with Crippen molar-refractivity contribution in [1.82, 2.24) is 0 Å². The van der Waals surface area contributed by atoms with Crippen LogP contribution in [0.2, 0.25) is 0 Å². The quantitative estimate of drug-likeness (QED) is 0.167. The van der Waals surface area contributed by atoms with Gasteiger partial charge in [0, 0.05) is 12.7 Å². The minimum atomic E-state index is -0.222. The predicted octanol–water partition coefficient (Wildman–Crippen LogP) is 1.82. The van der Waals surface area contributed by atoms with Crippen LogP contribution in [-0.4, -0.2) is 70.4 Å². The van der Waals surface area contributed by atoms with Gasteiger partial charge in [-0.1, -0.05) is 68.1 Å². The van der Waals surface area contributed by atoms with Crippen LogP contribution in [0.25, 0.3) is 0 Å². The van der Waals surface area contributed by atoms with Crippen molar-refractivity contribution in [2.45, 2.75) is 21.3 Å². The fourth-order valence-corrected chi connectivity index (χ4v) is 1.43. The Morgan fingerprint density at radius 3 is 1.38 bits per heavy atom. The second-order valence-electron chi connectivity index (χ2n) is 4.00. The van der Waals surface area contributed by atoms with Gasteiger partial charge in [-0.15, -0.1) is 0 Å². The molecule has 0 saturated carbocycles. The predicted molar refractivity (Wildman–Crippen MR) is 109 cm³/mol. The van der Waals surface area contributed by atoms with E-state index in [2.05, 4.69) is 16.8 Å². The molecule has 2 aromatic carbocycles. The Morgan fingerprint density at radius 1 is 0.846 bits per heavy atom. The third-order valence-electron chi connectivity index (χ3n) is 2.57. The van der Waals surface area contributed by atoms with Crippen molar-refractivity contribution in [2.75, 3.05) is 7.11 Å². The number of hydrazine groups is 1. The van der Waals surface area contributed by atoms with E-state index in [9.17, 15) is 4.79 Å². The van der Waals surface area contributed by atoms with Gasteiger partial charge in [0.05, 0.1) is 5.71 Å². The number of benzene rings is 2. The normalized spacial score (nSPS) is 8.23. The Morgan fingerprint density at radius 2 is 1.15 bits per heavy atom. The molecule has 0 unspecified atom stereocenters. The van der Waals surface area contributed by atoms with Crippen LogP contribution in [0.5, 0.6) is 0 Å². The first-order valence-corrected chi connectivity index (χ1v) is 8.89. The van der Waals surface area contributed by atoms with Gasteiger partial charge in [-0.3, -0.25) is 16.5 Å². The second kappa shape index (κ2) is 26.1. The van der Waals surface area contributed by atoms with Gasteiger partial charge in [-0.05, 0) is 19.4 Å². The second-order valence-corrected chi connectivity index (χ2v) is 4.00. The number of hydrogen-bond donors (Lipinski definition) is 4. The van der Waals surface area contributed by atoms with Crippen LogP contribution in [0.1, 0.15) is 37.2 Å². The molecule has 0 aliphatic rings. The number of hydrogen-bond acceptors (Lipinski definition) is 7. The van der Waals surface area contributed by atoms with Crippen LogP contribution in [0.3, 0.4) is 0 Å². The summed E-state index contributed by atoms with van der Waals surface area (Å²) in [5.41, 5.74) is 2.71. The van der Waals surface area contributed by atoms with E-state index in [0.29, 0.717) is 0 Å². The van der Waals surface area contributed by atoms with Crippen LogP contribution >= 0.6 is 0 Å². The summed E-state index contributed by atoms with van der Waals surface area (Å²) in [6.07, 6.45) is 0. The molecule has 142 valence electrons. The number of nitrogens with two attached hydrogens (primary N) is 3. The zero-order chi connectivity index (χ0) is 20.1.